The fourth-order valence-corrected chi connectivity index (χ4v) is 6.98. The van der Waals surface area contributed by atoms with E-state index in [1.54, 1.807) is 12.1 Å². The first kappa shape index (κ1) is 47.1. The molecule has 1 N–H and O–H groups in total. The molecule has 1 aromatic carbocycles. The highest BCUT2D eigenvalue weighted by atomic mass is 32.2. The van der Waals surface area contributed by atoms with Crippen LogP contribution in [0.5, 0.6) is 0 Å². The fourth-order valence-electron chi connectivity index (χ4n) is 6.50. The van der Waals surface area contributed by atoms with Crippen molar-refractivity contribution in [2.75, 3.05) is 20.1 Å². The Morgan fingerprint density at radius 2 is 0.667 bits per heavy atom. The molecule has 0 aromatic heterocycles. The quantitative estimate of drug-likeness (QED) is 0.0576. The molecule has 0 radical (unpaired) electrons. The Labute approximate surface area is 301 Å². The summed E-state index contributed by atoms with van der Waals surface area (Å²) >= 11 is 0. The van der Waals surface area contributed by atoms with E-state index in [2.05, 4.69) is 25.8 Å². The third kappa shape index (κ3) is 34.9. The van der Waals surface area contributed by atoms with Gasteiger partial charge in [0.05, 0.1) is 4.90 Å². The number of benzene rings is 1. The lowest BCUT2D eigenvalue weighted by molar-refractivity contribution is 0.314. The first-order valence-electron chi connectivity index (χ1n) is 21.0. The normalized spacial score (nSPS) is 11.6. The summed E-state index contributed by atoms with van der Waals surface area (Å²) in [6.07, 6.45) is 45.3. The minimum Gasteiger partial charge on any atom is -0.306 e. The van der Waals surface area contributed by atoms with Gasteiger partial charge in [-0.25, -0.2) is 0 Å². The predicted molar refractivity (Wildman–Crippen MR) is 213 cm³/mol. The lowest BCUT2D eigenvalue weighted by Crippen LogP contribution is -2.20. The average molecular weight is 694 g/mol. The number of rotatable bonds is 34. The van der Waals surface area contributed by atoms with Gasteiger partial charge in [-0.2, -0.15) is 8.42 Å². The number of hydrogen-bond donors (Lipinski definition) is 1. The molecule has 0 saturated carbocycles. The summed E-state index contributed by atoms with van der Waals surface area (Å²) in [6.45, 7) is 9.09. The smallest absolute Gasteiger partial charge is 0.294 e. The van der Waals surface area contributed by atoms with E-state index in [0.717, 1.165) is 5.56 Å². The second-order valence-corrected chi connectivity index (χ2v) is 16.3. The lowest BCUT2D eigenvalue weighted by atomic mass is 10.0. The van der Waals surface area contributed by atoms with Gasteiger partial charge in [0.15, 0.2) is 0 Å². The van der Waals surface area contributed by atoms with E-state index in [1.807, 2.05) is 6.92 Å². The molecule has 284 valence electrons. The Bertz CT molecular complexity index is 871. The number of nitrogens with zero attached hydrogens (tertiary/aromatic N) is 1. The standard InChI is InChI=1S/C36H75N.C7H8O3S/c1-4-6-8-10-12-14-16-18-20-22-24-26-28-30-32-34-36-37(3)35-33-31-29-27-25-23-21-19-17-15-13-11-9-7-5-2;1-6-2-4-7(5-3-6)11(8,9)10/h4-36H2,1-3H3;2-5H,1H3,(H,8,9,10). The molecule has 0 amide bonds. The highest BCUT2D eigenvalue weighted by molar-refractivity contribution is 7.85. The van der Waals surface area contributed by atoms with Crippen molar-refractivity contribution in [3.8, 4) is 0 Å². The number of hydrogen-bond acceptors (Lipinski definition) is 3. The minimum absolute atomic E-state index is 0.0666. The van der Waals surface area contributed by atoms with E-state index in [0.29, 0.717) is 0 Å². The molecule has 0 aliphatic carbocycles. The Kier molecular flexibility index (Phi) is 35.2. The Morgan fingerprint density at radius 1 is 0.438 bits per heavy atom. The SMILES string of the molecule is CCCCCCCCCCCCCCCCCCN(C)CCCCCCCCCCCCCCCCC.Cc1ccc(S(=O)(=O)O)cc1. The van der Waals surface area contributed by atoms with Crippen molar-refractivity contribution in [2.45, 2.75) is 225 Å². The van der Waals surface area contributed by atoms with Gasteiger partial charge in [0, 0.05) is 0 Å². The molecule has 0 atom stereocenters. The van der Waals surface area contributed by atoms with Crippen LogP contribution in [0.4, 0.5) is 0 Å². The molecule has 1 aromatic rings. The van der Waals surface area contributed by atoms with Gasteiger partial charge in [-0.1, -0.05) is 218 Å². The van der Waals surface area contributed by atoms with Crippen molar-refractivity contribution in [1.29, 1.82) is 0 Å². The van der Waals surface area contributed by atoms with Crippen LogP contribution in [0.2, 0.25) is 0 Å². The molecule has 0 bridgehead atoms. The predicted octanol–water partition coefficient (Wildman–Crippen LogP) is 14.3. The van der Waals surface area contributed by atoms with Crippen LogP contribution < -0.4 is 0 Å². The van der Waals surface area contributed by atoms with Crippen molar-refractivity contribution in [2.24, 2.45) is 0 Å². The zero-order chi connectivity index (χ0) is 35.4. The molecular formula is C43H83NO3S. The third-order valence-electron chi connectivity index (χ3n) is 9.86. The molecule has 0 unspecified atom stereocenters. The maximum absolute atomic E-state index is 10.5. The lowest BCUT2D eigenvalue weighted by Gasteiger charge is -2.16. The zero-order valence-electron chi connectivity index (χ0n) is 32.8. The number of unbranched alkanes of at least 4 members (excludes halogenated alkanes) is 29. The maximum Gasteiger partial charge on any atom is 0.294 e. The Hall–Kier alpha value is -0.910. The molecule has 1 rings (SSSR count). The molecule has 0 fully saturated rings. The molecule has 0 aliphatic rings. The largest absolute Gasteiger partial charge is 0.306 e. The first-order chi connectivity index (χ1) is 23.3. The highest BCUT2D eigenvalue weighted by Crippen LogP contribution is 2.15. The minimum atomic E-state index is -4.02. The van der Waals surface area contributed by atoms with Gasteiger partial charge < -0.3 is 4.90 Å². The van der Waals surface area contributed by atoms with Crippen LogP contribution in [0, 0.1) is 6.92 Å². The van der Waals surface area contributed by atoms with Crippen molar-refractivity contribution in [3.63, 3.8) is 0 Å². The zero-order valence-corrected chi connectivity index (χ0v) is 33.6. The Morgan fingerprint density at radius 3 is 0.896 bits per heavy atom. The molecule has 0 saturated heterocycles. The van der Waals surface area contributed by atoms with E-state index < -0.39 is 10.1 Å². The molecule has 0 heterocycles. The van der Waals surface area contributed by atoms with Crippen molar-refractivity contribution in [3.05, 3.63) is 29.8 Å². The molecule has 0 aliphatic heterocycles. The fraction of sp³-hybridized carbons (Fsp3) is 0.860. The summed E-state index contributed by atoms with van der Waals surface area (Å²) in [6, 6.07) is 5.99. The maximum atomic E-state index is 10.5. The molecule has 4 nitrogen and oxygen atoms in total. The first-order valence-corrected chi connectivity index (χ1v) is 22.5. The monoisotopic (exact) mass is 694 g/mol. The van der Waals surface area contributed by atoms with Crippen molar-refractivity contribution in [1.82, 2.24) is 4.90 Å². The van der Waals surface area contributed by atoms with Gasteiger partial charge in [-0.05, 0) is 52.0 Å². The summed E-state index contributed by atoms with van der Waals surface area (Å²) in [7, 11) is -1.68. The summed E-state index contributed by atoms with van der Waals surface area (Å²) in [5, 5.41) is 0. The summed E-state index contributed by atoms with van der Waals surface area (Å²) in [4.78, 5) is 2.52. The van der Waals surface area contributed by atoms with E-state index in [1.165, 1.54) is 224 Å². The van der Waals surface area contributed by atoms with Crippen molar-refractivity contribution < 1.29 is 13.0 Å². The summed E-state index contributed by atoms with van der Waals surface area (Å²) in [5.74, 6) is 0. The second-order valence-electron chi connectivity index (χ2n) is 14.8. The molecular weight excluding hydrogens is 611 g/mol. The van der Waals surface area contributed by atoms with Gasteiger partial charge in [-0.15, -0.1) is 0 Å². The van der Waals surface area contributed by atoms with Gasteiger partial charge in [0.1, 0.15) is 0 Å². The highest BCUT2D eigenvalue weighted by Gasteiger charge is 2.07. The van der Waals surface area contributed by atoms with Gasteiger partial charge in [0.25, 0.3) is 10.1 Å². The van der Waals surface area contributed by atoms with Crippen molar-refractivity contribution >= 4 is 10.1 Å². The van der Waals surface area contributed by atoms with Gasteiger partial charge >= 0.3 is 0 Å². The summed E-state index contributed by atoms with van der Waals surface area (Å²) < 4.78 is 29.6. The van der Waals surface area contributed by atoms with Gasteiger partial charge in [0.2, 0.25) is 0 Å². The van der Waals surface area contributed by atoms with E-state index >= 15 is 0 Å². The van der Waals surface area contributed by atoms with Crippen LogP contribution in [-0.4, -0.2) is 38.0 Å². The summed E-state index contributed by atoms with van der Waals surface area (Å²) in [5.41, 5.74) is 0.956. The van der Waals surface area contributed by atoms with Crippen LogP contribution >= 0.6 is 0 Å². The molecule has 5 heteroatoms. The van der Waals surface area contributed by atoms with Crippen LogP contribution in [-0.2, 0) is 10.1 Å². The van der Waals surface area contributed by atoms with E-state index in [9.17, 15) is 8.42 Å². The topological polar surface area (TPSA) is 57.6 Å². The van der Waals surface area contributed by atoms with E-state index in [-0.39, 0.29) is 4.90 Å². The molecule has 48 heavy (non-hydrogen) atoms. The van der Waals surface area contributed by atoms with Crippen LogP contribution in [0.3, 0.4) is 0 Å². The van der Waals surface area contributed by atoms with Crippen LogP contribution in [0.15, 0.2) is 29.2 Å². The van der Waals surface area contributed by atoms with E-state index in [4.69, 9.17) is 4.55 Å². The average Bonchev–Trinajstić information content (AvgIpc) is 3.06. The van der Waals surface area contributed by atoms with Crippen LogP contribution in [0.25, 0.3) is 0 Å². The van der Waals surface area contributed by atoms with Gasteiger partial charge in [-0.3, -0.25) is 4.55 Å². The Balaban J connectivity index is 0.00000168. The number of aryl methyl sites for hydroxylation is 1. The second kappa shape index (κ2) is 35.9. The molecule has 0 spiro atoms. The third-order valence-corrected chi connectivity index (χ3v) is 10.7. The van der Waals surface area contributed by atoms with Crippen LogP contribution in [0.1, 0.15) is 218 Å².